The monoisotopic (exact) mass is 302 g/mol. The van der Waals surface area contributed by atoms with Crippen LogP contribution in [0.4, 0.5) is 0 Å². The number of thiazole rings is 1. The van der Waals surface area contributed by atoms with Crippen molar-refractivity contribution < 1.29 is 9.53 Å². The van der Waals surface area contributed by atoms with Crippen LogP contribution in [0.3, 0.4) is 0 Å². The average molecular weight is 302 g/mol. The van der Waals surface area contributed by atoms with E-state index in [9.17, 15) is 4.79 Å². The van der Waals surface area contributed by atoms with Gasteiger partial charge in [0.15, 0.2) is 0 Å². The van der Waals surface area contributed by atoms with E-state index in [-0.39, 0.29) is 11.8 Å². The molecule has 5 heteroatoms. The number of aromatic nitrogens is 1. The summed E-state index contributed by atoms with van der Waals surface area (Å²) < 4.78 is 5.66. The van der Waals surface area contributed by atoms with E-state index in [4.69, 9.17) is 4.74 Å². The number of nitrogens with one attached hydrogen (secondary N) is 1. The van der Waals surface area contributed by atoms with Gasteiger partial charge in [0, 0.05) is 5.38 Å². The molecule has 1 aromatic carbocycles. The van der Waals surface area contributed by atoms with E-state index < -0.39 is 0 Å². The summed E-state index contributed by atoms with van der Waals surface area (Å²) in [7, 11) is 0. The van der Waals surface area contributed by atoms with Crippen molar-refractivity contribution in [3.63, 3.8) is 0 Å². The molecule has 0 aliphatic carbocycles. The van der Waals surface area contributed by atoms with Crippen molar-refractivity contribution in [2.75, 3.05) is 6.61 Å². The van der Waals surface area contributed by atoms with Crippen LogP contribution in [0.15, 0.2) is 29.6 Å². The molecule has 0 saturated heterocycles. The lowest BCUT2D eigenvalue weighted by Crippen LogP contribution is -2.37. The number of nitrogens with zero attached hydrogens (tertiary/aromatic N) is 1. The zero-order chi connectivity index (χ0) is 14.7. The van der Waals surface area contributed by atoms with Gasteiger partial charge in [-0.25, -0.2) is 4.98 Å². The van der Waals surface area contributed by atoms with Gasteiger partial charge in [0.2, 0.25) is 5.91 Å². The minimum atomic E-state index is -0.120. The van der Waals surface area contributed by atoms with Crippen LogP contribution in [-0.2, 0) is 24.2 Å². The number of aryl methyl sites for hydroxylation is 1. The van der Waals surface area contributed by atoms with E-state index in [1.807, 2.05) is 29.6 Å². The van der Waals surface area contributed by atoms with Crippen LogP contribution >= 0.6 is 11.3 Å². The van der Waals surface area contributed by atoms with Gasteiger partial charge in [0.1, 0.15) is 17.4 Å². The molecule has 0 spiro atoms. The second-order valence-electron chi connectivity index (χ2n) is 5.12. The first-order valence-electron chi connectivity index (χ1n) is 7.18. The number of carbonyl (C=O) groups excluding carboxylic acids is 1. The van der Waals surface area contributed by atoms with Gasteiger partial charge in [-0.05, 0) is 24.5 Å². The summed E-state index contributed by atoms with van der Waals surface area (Å²) in [6.07, 6.45) is 1.66. The summed E-state index contributed by atoms with van der Waals surface area (Å²) in [4.78, 5) is 16.7. The highest BCUT2D eigenvalue weighted by molar-refractivity contribution is 7.09. The van der Waals surface area contributed by atoms with E-state index in [1.165, 1.54) is 0 Å². The van der Waals surface area contributed by atoms with E-state index in [0.29, 0.717) is 13.2 Å². The molecular formula is C16H18N2O2S. The second kappa shape index (κ2) is 6.26. The summed E-state index contributed by atoms with van der Waals surface area (Å²) in [6.45, 7) is 3.02. The van der Waals surface area contributed by atoms with Crippen LogP contribution in [0.25, 0.3) is 0 Å². The quantitative estimate of drug-likeness (QED) is 0.944. The second-order valence-corrected chi connectivity index (χ2v) is 6.07. The summed E-state index contributed by atoms with van der Waals surface area (Å²) in [5.74, 6) is 0.817. The van der Waals surface area contributed by atoms with Gasteiger partial charge in [0.05, 0.1) is 18.2 Å². The molecule has 0 fully saturated rings. The van der Waals surface area contributed by atoms with Gasteiger partial charge < -0.3 is 10.1 Å². The third-order valence-electron chi connectivity index (χ3n) is 3.63. The molecule has 2 aromatic rings. The molecule has 3 rings (SSSR count). The standard InChI is InChI=1S/C16H18N2O2S/c1-2-13-10-21-15(18-13)8-17-16(19)12-7-11-5-3-4-6-14(11)20-9-12/h3-6,10,12H,2,7-9H2,1H3,(H,17,19). The summed E-state index contributed by atoms with van der Waals surface area (Å²) >= 11 is 1.59. The number of benzene rings is 1. The maximum absolute atomic E-state index is 12.2. The fourth-order valence-electron chi connectivity index (χ4n) is 2.40. The number of fused-ring (bicyclic) bond motifs is 1. The van der Waals surface area contributed by atoms with Crippen molar-refractivity contribution in [1.82, 2.24) is 10.3 Å². The normalized spacial score (nSPS) is 16.9. The molecule has 1 aliphatic rings. The highest BCUT2D eigenvalue weighted by Crippen LogP contribution is 2.26. The van der Waals surface area contributed by atoms with E-state index in [1.54, 1.807) is 11.3 Å². The number of amides is 1. The molecule has 110 valence electrons. The number of carbonyl (C=O) groups is 1. The average Bonchev–Trinajstić information content (AvgIpc) is 3.00. The molecule has 1 aromatic heterocycles. The third kappa shape index (κ3) is 3.24. The molecule has 1 N–H and O–H groups in total. The third-order valence-corrected chi connectivity index (χ3v) is 4.52. The fourth-order valence-corrected chi connectivity index (χ4v) is 3.21. The number of ether oxygens (including phenoxy) is 1. The van der Waals surface area contributed by atoms with Crippen molar-refractivity contribution in [3.8, 4) is 5.75 Å². The topological polar surface area (TPSA) is 51.2 Å². The Kier molecular flexibility index (Phi) is 4.20. The number of hydrogen-bond acceptors (Lipinski definition) is 4. The zero-order valence-corrected chi connectivity index (χ0v) is 12.8. The molecule has 21 heavy (non-hydrogen) atoms. The number of hydrogen-bond donors (Lipinski definition) is 1. The van der Waals surface area contributed by atoms with Crippen molar-refractivity contribution >= 4 is 17.2 Å². The van der Waals surface area contributed by atoms with E-state index in [2.05, 4.69) is 17.2 Å². The number of rotatable bonds is 4. The smallest absolute Gasteiger partial charge is 0.227 e. The maximum atomic E-state index is 12.2. The van der Waals surface area contributed by atoms with Crippen molar-refractivity contribution in [1.29, 1.82) is 0 Å². The molecule has 0 radical (unpaired) electrons. The van der Waals surface area contributed by atoms with Gasteiger partial charge in [-0.3, -0.25) is 4.79 Å². The molecule has 4 nitrogen and oxygen atoms in total. The van der Waals surface area contributed by atoms with Gasteiger partial charge >= 0.3 is 0 Å². The lowest BCUT2D eigenvalue weighted by atomic mass is 9.96. The zero-order valence-electron chi connectivity index (χ0n) is 12.0. The Morgan fingerprint density at radius 1 is 1.48 bits per heavy atom. The highest BCUT2D eigenvalue weighted by Gasteiger charge is 2.25. The molecule has 0 bridgehead atoms. The molecule has 2 heterocycles. The van der Waals surface area contributed by atoms with Gasteiger partial charge in [-0.15, -0.1) is 11.3 Å². The first kappa shape index (κ1) is 14.1. The van der Waals surface area contributed by atoms with Crippen LogP contribution in [0.5, 0.6) is 5.75 Å². The Balaban J connectivity index is 1.57. The molecule has 1 aliphatic heterocycles. The lowest BCUT2D eigenvalue weighted by molar-refractivity contribution is -0.126. The Bertz CT molecular complexity index is 639. The van der Waals surface area contributed by atoms with Crippen molar-refractivity contribution in [3.05, 3.63) is 45.9 Å². The van der Waals surface area contributed by atoms with Crippen LogP contribution in [0.1, 0.15) is 23.2 Å². The van der Waals surface area contributed by atoms with Crippen LogP contribution in [0.2, 0.25) is 0 Å². The lowest BCUT2D eigenvalue weighted by Gasteiger charge is -2.24. The largest absolute Gasteiger partial charge is 0.492 e. The van der Waals surface area contributed by atoms with E-state index >= 15 is 0 Å². The Morgan fingerprint density at radius 3 is 3.14 bits per heavy atom. The fraction of sp³-hybridized carbons (Fsp3) is 0.375. The molecular weight excluding hydrogens is 284 g/mol. The SMILES string of the molecule is CCc1csc(CNC(=O)C2COc3ccccc3C2)n1. The minimum Gasteiger partial charge on any atom is -0.492 e. The first-order chi connectivity index (χ1) is 10.3. The molecule has 1 unspecified atom stereocenters. The number of para-hydroxylation sites is 1. The highest BCUT2D eigenvalue weighted by atomic mass is 32.1. The van der Waals surface area contributed by atoms with Gasteiger partial charge in [0.25, 0.3) is 0 Å². The van der Waals surface area contributed by atoms with Crippen LogP contribution < -0.4 is 10.1 Å². The predicted octanol–water partition coefficient (Wildman–Crippen LogP) is 2.57. The minimum absolute atomic E-state index is 0.0396. The van der Waals surface area contributed by atoms with Gasteiger partial charge in [-0.1, -0.05) is 25.1 Å². The van der Waals surface area contributed by atoms with Crippen molar-refractivity contribution in [2.24, 2.45) is 5.92 Å². The van der Waals surface area contributed by atoms with E-state index in [0.717, 1.165) is 34.9 Å². The first-order valence-corrected chi connectivity index (χ1v) is 8.06. The van der Waals surface area contributed by atoms with Gasteiger partial charge in [-0.2, -0.15) is 0 Å². The van der Waals surface area contributed by atoms with Crippen LogP contribution in [0, 0.1) is 5.92 Å². The maximum Gasteiger partial charge on any atom is 0.227 e. The summed E-state index contributed by atoms with van der Waals surface area (Å²) in [5.41, 5.74) is 2.19. The molecule has 1 amide bonds. The Labute approximate surface area is 128 Å². The summed E-state index contributed by atoms with van der Waals surface area (Å²) in [6, 6.07) is 7.89. The Morgan fingerprint density at radius 2 is 2.33 bits per heavy atom. The Hall–Kier alpha value is -1.88. The van der Waals surface area contributed by atoms with Crippen LogP contribution in [-0.4, -0.2) is 17.5 Å². The van der Waals surface area contributed by atoms with Crippen molar-refractivity contribution in [2.45, 2.75) is 26.3 Å². The molecule has 0 saturated carbocycles. The predicted molar refractivity (Wildman–Crippen MR) is 82.5 cm³/mol. The summed E-state index contributed by atoms with van der Waals surface area (Å²) in [5, 5.41) is 5.96. The molecule has 1 atom stereocenters.